The van der Waals surface area contributed by atoms with Crippen molar-refractivity contribution >= 4 is 40.5 Å². The molecule has 0 saturated carbocycles. The summed E-state index contributed by atoms with van der Waals surface area (Å²) in [5.74, 6) is -0.513. The van der Waals surface area contributed by atoms with Crippen molar-refractivity contribution in [1.82, 2.24) is 0 Å². The molecule has 9 nitrogen and oxygen atoms in total. The second-order valence-corrected chi connectivity index (χ2v) is 5.67. The van der Waals surface area contributed by atoms with Crippen molar-refractivity contribution in [2.75, 3.05) is 24.4 Å². The summed E-state index contributed by atoms with van der Waals surface area (Å²) in [5, 5.41) is 16.4. The zero-order valence-electron chi connectivity index (χ0n) is 13.4. The second-order valence-electron chi connectivity index (χ2n) is 5.26. The van der Waals surface area contributed by atoms with Gasteiger partial charge in [-0.1, -0.05) is 11.6 Å². The molecule has 3 rings (SSSR count). The van der Waals surface area contributed by atoms with Gasteiger partial charge < -0.3 is 20.1 Å². The van der Waals surface area contributed by atoms with Crippen LogP contribution in [0.15, 0.2) is 30.3 Å². The molecule has 0 bridgehead atoms. The molecule has 0 aliphatic carbocycles. The SMILES string of the molecule is COc1ccc(C(=O)Nc2cc3c(cc2Cl)NC(=O)CO3)cc1[N+](=O)[O-]. The van der Waals surface area contributed by atoms with Crippen molar-refractivity contribution < 1.29 is 24.0 Å². The van der Waals surface area contributed by atoms with Crippen LogP contribution in [0.2, 0.25) is 5.02 Å². The number of nitrogens with one attached hydrogen (secondary N) is 2. The Morgan fingerprint density at radius 2 is 2.15 bits per heavy atom. The lowest BCUT2D eigenvalue weighted by molar-refractivity contribution is -0.385. The third-order valence-electron chi connectivity index (χ3n) is 3.59. The van der Waals surface area contributed by atoms with Gasteiger partial charge in [-0.3, -0.25) is 19.7 Å². The summed E-state index contributed by atoms with van der Waals surface area (Å²) in [7, 11) is 1.30. The van der Waals surface area contributed by atoms with Crippen LogP contribution in [-0.2, 0) is 4.79 Å². The summed E-state index contributed by atoms with van der Waals surface area (Å²) in [6.07, 6.45) is 0. The number of hydrogen-bond donors (Lipinski definition) is 2. The minimum Gasteiger partial charge on any atom is -0.490 e. The first kappa shape index (κ1) is 17.5. The van der Waals surface area contributed by atoms with Crippen molar-refractivity contribution in [1.29, 1.82) is 0 Å². The van der Waals surface area contributed by atoms with Crippen molar-refractivity contribution in [3.8, 4) is 11.5 Å². The molecule has 0 aromatic heterocycles. The number of nitrogens with zero attached hydrogens (tertiary/aromatic N) is 1. The lowest BCUT2D eigenvalue weighted by atomic mass is 10.1. The van der Waals surface area contributed by atoms with Gasteiger partial charge in [0.25, 0.3) is 11.8 Å². The molecule has 0 atom stereocenters. The molecule has 0 spiro atoms. The number of rotatable bonds is 4. The molecule has 0 unspecified atom stereocenters. The van der Waals surface area contributed by atoms with Crippen LogP contribution < -0.4 is 20.1 Å². The maximum atomic E-state index is 12.4. The first-order chi connectivity index (χ1) is 12.4. The lowest BCUT2D eigenvalue weighted by Gasteiger charge is -2.19. The Morgan fingerprint density at radius 3 is 2.85 bits per heavy atom. The summed E-state index contributed by atoms with van der Waals surface area (Å²) < 4.78 is 10.2. The maximum absolute atomic E-state index is 12.4. The number of halogens is 1. The fraction of sp³-hybridized carbons (Fsp3) is 0.125. The summed E-state index contributed by atoms with van der Waals surface area (Å²) in [6, 6.07) is 6.74. The maximum Gasteiger partial charge on any atom is 0.311 e. The van der Waals surface area contributed by atoms with E-state index in [2.05, 4.69) is 10.6 Å². The Labute approximate surface area is 152 Å². The fourth-order valence-electron chi connectivity index (χ4n) is 2.36. The van der Waals surface area contributed by atoms with Crippen molar-refractivity contribution in [2.24, 2.45) is 0 Å². The molecule has 0 fully saturated rings. The van der Waals surface area contributed by atoms with E-state index in [0.717, 1.165) is 6.07 Å². The number of anilines is 2. The van der Waals surface area contributed by atoms with E-state index >= 15 is 0 Å². The number of methoxy groups -OCH3 is 1. The van der Waals surface area contributed by atoms with E-state index in [1.165, 1.54) is 31.4 Å². The van der Waals surface area contributed by atoms with Crippen LogP contribution in [0.5, 0.6) is 11.5 Å². The molecule has 2 N–H and O–H groups in total. The Balaban J connectivity index is 1.88. The highest BCUT2D eigenvalue weighted by Crippen LogP contribution is 2.36. The molecule has 0 saturated heterocycles. The monoisotopic (exact) mass is 377 g/mol. The van der Waals surface area contributed by atoms with Crippen LogP contribution in [0.3, 0.4) is 0 Å². The van der Waals surface area contributed by atoms with Crippen LogP contribution in [0, 0.1) is 10.1 Å². The minimum atomic E-state index is -0.641. The van der Waals surface area contributed by atoms with E-state index in [-0.39, 0.29) is 40.2 Å². The highest BCUT2D eigenvalue weighted by molar-refractivity contribution is 6.34. The van der Waals surface area contributed by atoms with Gasteiger partial charge in [0.1, 0.15) is 5.75 Å². The van der Waals surface area contributed by atoms with Gasteiger partial charge >= 0.3 is 5.69 Å². The quantitative estimate of drug-likeness (QED) is 0.624. The first-order valence-electron chi connectivity index (χ1n) is 7.29. The van der Waals surface area contributed by atoms with Crippen LogP contribution in [0.4, 0.5) is 17.1 Å². The van der Waals surface area contributed by atoms with Gasteiger partial charge in [0.15, 0.2) is 12.4 Å². The van der Waals surface area contributed by atoms with Crippen LogP contribution >= 0.6 is 11.6 Å². The second kappa shape index (κ2) is 6.89. The van der Waals surface area contributed by atoms with Crippen LogP contribution in [0.25, 0.3) is 0 Å². The Hall–Kier alpha value is -3.33. The molecule has 0 radical (unpaired) electrons. The summed E-state index contributed by atoms with van der Waals surface area (Å²) >= 11 is 6.12. The average molecular weight is 378 g/mol. The van der Waals surface area contributed by atoms with Gasteiger partial charge in [-0.25, -0.2) is 0 Å². The molecule has 134 valence electrons. The largest absolute Gasteiger partial charge is 0.490 e. The summed E-state index contributed by atoms with van der Waals surface area (Å²) in [5.41, 5.74) is 0.359. The van der Waals surface area contributed by atoms with Gasteiger partial charge in [0, 0.05) is 17.7 Å². The predicted octanol–water partition coefficient (Wildman–Crippen LogP) is 2.84. The molecule has 2 aromatic carbocycles. The Morgan fingerprint density at radius 1 is 1.38 bits per heavy atom. The molecule has 1 heterocycles. The van der Waals surface area contributed by atoms with Crippen LogP contribution in [-0.4, -0.2) is 30.5 Å². The standard InChI is InChI=1S/C16H12ClN3O6/c1-25-13-3-2-8(4-12(13)20(23)24)16(22)19-10-6-14-11(5-9(10)17)18-15(21)7-26-14/h2-6H,7H2,1H3,(H,18,21)(H,19,22). The normalized spacial score (nSPS) is 12.5. The number of benzene rings is 2. The number of carbonyl (C=O) groups is 2. The average Bonchev–Trinajstić information content (AvgIpc) is 2.61. The number of carbonyl (C=O) groups excluding carboxylic acids is 2. The van der Waals surface area contributed by atoms with Crippen molar-refractivity contribution in [2.45, 2.75) is 0 Å². The molecular formula is C16H12ClN3O6. The predicted molar refractivity (Wildman–Crippen MR) is 93.2 cm³/mol. The third kappa shape index (κ3) is 3.38. The van der Waals surface area contributed by atoms with E-state index < -0.39 is 10.8 Å². The van der Waals surface area contributed by atoms with Gasteiger partial charge in [0.2, 0.25) is 0 Å². The van der Waals surface area contributed by atoms with Crippen LogP contribution in [0.1, 0.15) is 10.4 Å². The number of nitro groups is 1. The number of amides is 2. The Bertz CT molecular complexity index is 930. The highest BCUT2D eigenvalue weighted by Gasteiger charge is 2.21. The molecule has 26 heavy (non-hydrogen) atoms. The summed E-state index contributed by atoms with van der Waals surface area (Å²) in [4.78, 5) is 34.2. The zero-order chi connectivity index (χ0) is 18.8. The van der Waals surface area contributed by atoms with E-state index in [0.29, 0.717) is 11.4 Å². The fourth-order valence-corrected chi connectivity index (χ4v) is 2.58. The molecular weight excluding hydrogens is 366 g/mol. The van der Waals surface area contributed by atoms with E-state index in [9.17, 15) is 19.7 Å². The van der Waals surface area contributed by atoms with E-state index in [4.69, 9.17) is 21.1 Å². The van der Waals surface area contributed by atoms with Crippen molar-refractivity contribution in [3.05, 3.63) is 51.0 Å². The highest BCUT2D eigenvalue weighted by atomic mass is 35.5. The third-order valence-corrected chi connectivity index (χ3v) is 3.90. The Kier molecular flexibility index (Phi) is 4.63. The number of fused-ring (bicyclic) bond motifs is 1. The zero-order valence-corrected chi connectivity index (χ0v) is 14.1. The van der Waals surface area contributed by atoms with Crippen molar-refractivity contribution in [3.63, 3.8) is 0 Å². The lowest BCUT2D eigenvalue weighted by Crippen LogP contribution is -2.25. The topological polar surface area (TPSA) is 120 Å². The van der Waals surface area contributed by atoms with E-state index in [1.54, 1.807) is 0 Å². The number of ether oxygens (including phenoxy) is 2. The number of hydrogen-bond acceptors (Lipinski definition) is 6. The summed E-state index contributed by atoms with van der Waals surface area (Å²) in [6.45, 7) is -0.146. The molecule has 2 aromatic rings. The minimum absolute atomic E-state index is 0.0440. The van der Waals surface area contributed by atoms with Gasteiger partial charge in [-0.15, -0.1) is 0 Å². The number of nitro benzene ring substituents is 1. The van der Waals surface area contributed by atoms with Gasteiger partial charge in [-0.2, -0.15) is 0 Å². The molecule has 1 aliphatic heterocycles. The first-order valence-corrected chi connectivity index (χ1v) is 7.67. The molecule has 10 heteroatoms. The van der Waals surface area contributed by atoms with E-state index in [1.807, 2.05) is 0 Å². The molecule has 1 aliphatic rings. The molecule has 2 amide bonds. The smallest absolute Gasteiger partial charge is 0.311 e. The van der Waals surface area contributed by atoms with Gasteiger partial charge in [-0.05, 0) is 18.2 Å². The van der Waals surface area contributed by atoms with Gasteiger partial charge in [0.05, 0.1) is 28.4 Å².